The van der Waals surface area contributed by atoms with E-state index >= 15 is 0 Å². The van der Waals surface area contributed by atoms with E-state index in [4.69, 9.17) is 15.2 Å². The van der Waals surface area contributed by atoms with Gasteiger partial charge in [0, 0.05) is 12.1 Å². The summed E-state index contributed by atoms with van der Waals surface area (Å²) in [4.78, 5) is 14.2. The van der Waals surface area contributed by atoms with Crippen molar-refractivity contribution in [1.82, 2.24) is 4.90 Å². The second kappa shape index (κ2) is 9.64. The first-order valence-electron chi connectivity index (χ1n) is 8.94. The van der Waals surface area contributed by atoms with Gasteiger partial charge in [-0.05, 0) is 50.9 Å². The van der Waals surface area contributed by atoms with Crippen LogP contribution in [-0.2, 0) is 22.5 Å². The van der Waals surface area contributed by atoms with Crippen molar-refractivity contribution in [3.63, 3.8) is 0 Å². The summed E-state index contributed by atoms with van der Waals surface area (Å²) in [5.41, 5.74) is 8.15. The molecule has 1 heterocycles. The Bertz CT molecular complexity index is 525. The van der Waals surface area contributed by atoms with Gasteiger partial charge >= 0.3 is 5.97 Å². The van der Waals surface area contributed by atoms with Crippen molar-refractivity contribution >= 4 is 5.97 Å². The van der Waals surface area contributed by atoms with Crippen LogP contribution >= 0.6 is 0 Å². The lowest BCUT2D eigenvalue weighted by Gasteiger charge is -2.22. The lowest BCUT2D eigenvalue weighted by molar-refractivity contribution is -0.144. The highest BCUT2D eigenvalue weighted by Gasteiger charge is 2.17. The maximum Gasteiger partial charge on any atom is 0.323 e. The number of ether oxygens (including phenoxy) is 2. The fraction of sp³-hybridized carbons (Fsp3) is 0.632. The van der Waals surface area contributed by atoms with Crippen LogP contribution in [0, 0.1) is 0 Å². The third-order valence-corrected chi connectivity index (χ3v) is 4.48. The van der Waals surface area contributed by atoms with Crippen molar-refractivity contribution in [2.45, 2.75) is 51.6 Å². The van der Waals surface area contributed by atoms with Crippen molar-refractivity contribution in [2.75, 3.05) is 26.8 Å². The van der Waals surface area contributed by atoms with E-state index in [1.807, 2.05) is 12.1 Å². The number of methoxy groups -OCH3 is 1. The zero-order valence-corrected chi connectivity index (χ0v) is 14.9. The van der Waals surface area contributed by atoms with Crippen LogP contribution in [0.5, 0.6) is 5.75 Å². The van der Waals surface area contributed by atoms with E-state index in [1.54, 1.807) is 14.0 Å². The van der Waals surface area contributed by atoms with Crippen molar-refractivity contribution in [3.8, 4) is 5.75 Å². The molecule has 1 atom stereocenters. The second-order valence-corrected chi connectivity index (χ2v) is 6.40. The Morgan fingerprint density at radius 1 is 1.25 bits per heavy atom. The summed E-state index contributed by atoms with van der Waals surface area (Å²) in [5, 5.41) is 0. The maximum absolute atomic E-state index is 11.7. The van der Waals surface area contributed by atoms with Crippen LogP contribution in [0.3, 0.4) is 0 Å². The molecule has 1 aromatic carbocycles. The normalized spacial score (nSPS) is 17.1. The van der Waals surface area contributed by atoms with E-state index in [9.17, 15) is 4.79 Å². The largest absolute Gasteiger partial charge is 0.496 e. The third kappa shape index (κ3) is 5.49. The molecule has 0 amide bonds. The molecule has 2 rings (SSSR count). The van der Waals surface area contributed by atoms with Gasteiger partial charge in [0.1, 0.15) is 11.8 Å². The zero-order valence-electron chi connectivity index (χ0n) is 14.9. The quantitative estimate of drug-likeness (QED) is 0.776. The fourth-order valence-corrected chi connectivity index (χ4v) is 3.20. The number of rotatable bonds is 7. The molecule has 0 spiro atoms. The summed E-state index contributed by atoms with van der Waals surface area (Å²) in [5.74, 6) is 0.551. The van der Waals surface area contributed by atoms with Crippen molar-refractivity contribution < 1.29 is 14.3 Å². The van der Waals surface area contributed by atoms with Gasteiger partial charge in [0.2, 0.25) is 0 Å². The number of nitrogens with zero attached hydrogens (tertiary/aromatic N) is 1. The number of likely N-dealkylation sites (tertiary alicyclic amines) is 1. The molecule has 0 radical (unpaired) electrons. The van der Waals surface area contributed by atoms with Crippen LogP contribution in [0.15, 0.2) is 18.2 Å². The molecule has 0 aliphatic carbocycles. The van der Waals surface area contributed by atoms with E-state index in [0.717, 1.165) is 36.5 Å². The minimum atomic E-state index is -0.621. The predicted molar refractivity (Wildman–Crippen MR) is 95.1 cm³/mol. The summed E-state index contributed by atoms with van der Waals surface area (Å²) < 4.78 is 10.5. The first-order valence-corrected chi connectivity index (χ1v) is 8.94. The summed E-state index contributed by atoms with van der Waals surface area (Å²) in [6.07, 6.45) is 5.64. The molecule has 1 aliphatic heterocycles. The van der Waals surface area contributed by atoms with Crippen LogP contribution in [-0.4, -0.2) is 43.7 Å². The number of carbonyl (C=O) groups is 1. The first kappa shape index (κ1) is 18.7. The molecule has 1 saturated heterocycles. The van der Waals surface area contributed by atoms with Crippen LogP contribution in [0.4, 0.5) is 0 Å². The summed E-state index contributed by atoms with van der Waals surface area (Å²) in [7, 11) is 1.70. The number of esters is 1. The van der Waals surface area contributed by atoms with Crippen LogP contribution < -0.4 is 10.5 Å². The lowest BCUT2D eigenvalue weighted by atomic mass is 10.0. The van der Waals surface area contributed by atoms with Gasteiger partial charge in [-0.3, -0.25) is 9.69 Å². The molecule has 5 heteroatoms. The molecule has 0 bridgehead atoms. The number of benzene rings is 1. The minimum Gasteiger partial charge on any atom is -0.496 e. The Hall–Kier alpha value is -1.59. The zero-order chi connectivity index (χ0) is 17.4. The van der Waals surface area contributed by atoms with Gasteiger partial charge in [-0.2, -0.15) is 0 Å². The SMILES string of the molecule is CCOC(=O)C(N)Cc1ccc(OC)c(CN2CCCCCC2)c1. The average molecular weight is 334 g/mol. The molecule has 5 nitrogen and oxygen atoms in total. The van der Waals surface area contributed by atoms with Gasteiger partial charge in [-0.15, -0.1) is 0 Å². The average Bonchev–Trinajstić information content (AvgIpc) is 2.84. The summed E-state index contributed by atoms with van der Waals surface area (Å²) in [6.45, 7) is 5.30. The van der Waals surface area contributed by atoms with E-state index in [-0.39, 0.29) is 5.97 Å². The molecule has 134 valence electrons. The lowest BCUT2D eigenvalue weighted by Crippen LogP contribution is -2.34. The molecular weight excluding hydrogens is 304 g/mol. The highest BCUT2D eigenvalue weighted by molar-refractivity contribution is 5.75. The molecule has 1 unspecified atom stereocenters. The van der Waals surface area contributed by atoms with E-state index in [1.165, 1.54) is 25.7 Å². The van der Waals surface area contributed by atoms with Crippen LogP contribution in [0.25, 0.3) is 0 Å². The Balaban J connectivity index is 2.07. The smallest absolute Gasteiger partial charge is 0.323 e. The highest BCUT2D eigenvalue weighted by atomic mass is 16.5. The molecule has 2 N–H and O–H groups in total. The number of nitrogens with two attached hydrogens (primary N) is 1. The van der Waals surface area contributed by atoms with Crippen LogP contribution in [0.2, 0.25) is 0 Å². The summed E-state index contributed by atoms with van der Waals surface area (Å²) >= 11 is 0. The topological polar surface area (TPSA) is 64.8 Å². The Morgan fingerprint density at radius 2 is 1.96 bits per heavy atom. The molecule has 0 aromatic heterocycles. The molecule has 1 aromatic rings. The van der Waals surface area contributed by atoms with Gasteiger partial charge in [0.25, 0.3) is 0 Å². The molecule has 0 saturated carbocycles. The fourth-order valence-electron chi connectivity index (χ4n) is 3.20. The predicted octanol–water partition coefficient (Wildman–Crippen LogP) is 2.50. The molecule has 1 fully saturated rings. The monoisotopic (exact) mass is 334 g/mol. The number of hydrogen-bond acceptors (Lipinski definition) is 5. The Kier molecular flexibility index (Phi) is 7.53. The second-order valence-electron chi connectivity index (χ2n) is 6.40. The van der Waals surface area contributed by atoms with Gasteiger partial charge in [-0.1, -0.05) is 25.0 Å². The van der Waals surface area contributed by atoms with Crippen molar-refractivity contribution in [3.05, 3.63) is 29.3 Å². The molecule has 1 aliphatic rings. The van der Waals surface area contributed by atoms with Gasteiger partial charge in [-0.25, -0.2) is 0 Å². The Labute approximate surface area is 145 Å². The maximum atomic E-state index is 11.7. The summed E-state index contributed by atoms with van der Waals surface area (Å²) in [6, 6.07) is 5.44. The van der Waals surface area contributed by atoms with Gasteiger partial charge in [0.15, 0.2) is 0 Å². The highest BCUT2D eigenvalue weighted by Crippen LogP contribution is 2.23. The first-order chi connectivity index (χ1) is 11.6. The van der Waals surface area contributed by atoms with Crippen molar-refractivity contribution in [1.29, 1.82) is 0 Å². The molecule has 24 heavy (non-hydrogen) atoms. The van der Waals surface area contributed by atoms with Crippen molar-refractivity contribution in [2.24, 2.45) is 5.73 Å². The van der Waals surface area contributed by atoms with Gasteiger partial charge in [0.05, 0.1) is 13.7 Å². The third-order valence-electron chi connectivity index (χ3n) is 4.48. The molecular formula is C19H30N2O3. The number of carbonyl (C=O) groups excluding carboxylic acids is 1. The van der Waals surface area contributed by atoms with E-state index in [2.05, 4.69) is 11.0 Å². The number of hydrogen-bond donors (Lipinski definition) is 1. The minimum absolute atomic E-state index is 0.345. The van der Waals surface area contributed by atoms with E-state index < -0.39 is 6.04 Å². The van der Waals surface area contributed by atoms with Gasteiger partial charge < -0.3 is 15.2 Å². The Morgan fingerprint density at radius 3 is 2.58 bits per heavy atom. The van der Waals surface area contributed by atoms with E-state index in [0.29, 0.717) is 13.0 Å². The van der Waals surface area contributed by atoms with Crippen LogP contribution in [0.1, 0.15) is 43.7 Å². The standard InChI is InChI=1S/C19H30N2O3/c1-3-24-19(22)17(20)13-15-8-9-18(23-2)16(12-15)14-21-10-6-4-5-7-11-21/h8-9,12,17H,3-7,10-11,13-14,20H2,1-2H3.